The van der Waals surface area contributed by atoms with Gasteiger partial charge >= 0.3 is 0 Å². The van der Waals surface area contributed by atoms with Crippen LogP contribution in [0.25, 0.3) is 5.57 Å². The van der Waals surface area contributed by atoms with E-state index in [9.17, 15) is 9.59 Å². The SMILES string of the molecule is CN/C=C(\C=N)c1ccc(C2CCN(C(=O)c3ccc(C)c(NC(=O)c4ccc(N5CCOCC5)nc4)c3)CC2)cc1. The second-order valence-corrected chi connectivity index (χ2v) is 10.7. The van der Waals surface area contributed by atoms with Gasteiger partial charge in [0.05, 0.1) is 18.8 Å². The van der Waals surface area contributed by atoms with Crippen molar-refractivity contribution in [3.63, 3.8) is 0 Å². The number of anilines is 2. The zero-order valence-corrected chi connectivity index (χ0v) is 24.2. The predicted molar refractivity (Wildman–Crippen MR) is 167 cm³/mol. The molecule has 3 aromatic rings. The minimum absolute atomic E-state index is 0.0244. The van der Waals surface area contributed by atoms with Gasteiger partial charge in [-0.05, 0) is 66.6 Å². The standard InChI is InChI=1S/C33H38N6O3/c1-23-3-4-27(19-30(23)37-32(40)28-9-10-31(36-22-28)38-15-17-42-18-16-38)33(41)39-13-11-26(12-14-39)24-5-7-25(8-6-24)29(20-34)21-35-2/h3-10,19-22,26,34-35H,11-18H2,1-2H3,(H,37,40)/b29-21+,34-20?. The van der Waals surface area contributed by atoms with Crippen LogP contribution in [-0.2, 0) is 4.74 Å². The molecule has 2 aliphatic rings. The Morgan fingerprint density at radius 3 is 2.29 bits per heavy atom. The number of carbonyl (C=O) groups excluding carboxylic acids is 2. The first-order valence-electron chi connectivity index (χ1n) is 14.4. The average Bonchev–Trinajstić information content (AvgIpc) is 3.05. The maximum absolute atomic E-state index is 13.4. The summed E-state index contributed by atoms with van der Waals surface area (Å²) < 4.78 is 5.40. The number of carbonyl (C=O) groups is 2. The van der Waals surface area contributed by atoms with Crippen molar-refractivity contribution >= 4 is 35.1 Å². The number of nitrogens with zero attached hydrogens (tertiary/aromatic N) is 3. The molecule has 9 heteroatoms. The molecule has 2 fully saturated rings. The van der Waals surface area contributed by atoms with Gasteiger partial charge in [0.15, 0.2) is 0 Å². The Morgan fingerprint density at radius 1 is 0.952 bits per heavy atom. The molecule has 0 aliphatic carbocycles. The van der Waals surface area contributed by atoms with Gasteiger partial charge in [-0.25, -0.2) is 4.98 Å². The summed E-state index contributed by atoms with van der Waals surface area (Å²) in [6, 6.07) is 17.5. The van der Waals surface area contributed by atoms with Crippen LogP contribution < -0.4 is 15.5 Å². The highest BCUT2D eigenvalue weighted by Gasteiger charge is 2.25. The van der Waals surface area contributed by atoms with Crippen molar-refractivity contribution in [3.05, 3.63) is 94.8 Å². The predicted octanol–water partition coefficient (Wildman–Crippen LogP) is 4.71. The molecule has 2 amide bonds. The fourth-order valence-electron chi connectivity index (χ4n) is 5.49. The Kier molecular flexibility index (Phi) is 9.28. The average molecular weight is 567 g/mol. The van der Waals surface area contributed by atoms with Crippen LogP contribution in [0.4, 0.5) is 11.5 Å². The van der Waals surface area contributed by atoms with E-state index < -0.39 is 0 Å². The molecule has 0 spiro atoms. The van der Waals surface area contributed by atoms with E-state index in [-0.39, 0.29) is 11.8 Å². The summed E-state index contributed by atoms with van der Waals surface area (Å²) in [6.45, 7) is 6.18. The highest BCUT2D eigenvalue weighted by atomic mass is 16.5. The van der Waals surface area contributed by atoms with Crippen LogP contribution in [-0.4, -0.2) is 74.4 Å². The molecule has 2 aliphatic heterocycles. The molecule has 0 bridgehead atoms. The molecule has 9 nitrogen and oxygen atoms in total. The molecular formula is C33H38N6O3. The van der Waals surface area contributed by atoms with Crippen LogP contribution in [0.3, 0.4) is 0 Å². The summed E-state index contributed by atoms with van der Waals surface area (Å²) in [5.74, 6) is 0.933. The number of hydrogen-bond donors (Lipinski definition) is 3. The number of amides is 2. The number of allylic oxidation sites excluding steroid dienone is 1. The van der Waals surface area contributed by atoms with Gasteiger partial charge in [0.1, 0.15) is 5.82 Å². The van der Waals surface area contributed by atoms with Crippen molar-refractivity contribution in [2.75, 3.05) is 56.7 Å². The topological polar surface area (TPSA) is 111 Å². The van der Waals surface area contributed by atoms with Crippen molar-refractivity contribution < 1.29 is 14.3 Å². The molecule has 42 heavy (non-hydrogen) atoms. The number of benzene rings is 2. The Hall–Kier alpha value is -4.50. The maximum Gasteiger partial charge on any atom is 0.257 e. The molecule has 5 rings (SSSR count). The normalized spacial score (nSPS) is 16.2. The van der Waals surface area contributed by atoms with E-state index in [0.29, 0.717) is 49.0 Å². The van der Waals surface area contributed by atoms with E-state index in [1.165, 1.54) is 11.8 Å². The van der Waals surface area contributed by atoms with Gasteiger partial charge in [-0.2, -0.15) is 0 Å². The van der Waals surface area contributed by atoms with E-state index >= 15 is 0 Å². The lowest BCUT2D eigenvalue weighted by molar-refractivity contribution is 0.0712. The summed E-state index contributed by atoms with van der Waals surface area (Å²) >= 11 is 0. The van der Waals surface area contributed by atoms with Gasteiger partial charge in [-0.3, -0.25) is 9.59 Å². The molecule has 0 saturated carbocycles. The van der Waals surface area contributed by atoms with E-state index in [4.69, 9.17) is 10.1 Å². The maximum atomic E-state index is 13.4. The Labute approximate surface area is 247 Å². The van der Waals surface area contributed by atoms with E-state index in [2.05, 4.69) is 44.8 Å². The molecule has 218 valence electrons. The first-order valence-corrected chi connectivity index (χ1v) is 14.4. The van der Waals surface area contributed by atoms with Gasteiger partial charge in [0, 0.05) is 68.7 Å². The van der Waals surface area contributed by atoms with E-state index in [0.717, 1.165) is 48.4 Å². The zero-order chi connectivity index (χ0) is 29.5. The van der Waals surface area contributed by atoms with E-state index in [1.807, 2.05) is 43.3 Å². The fraction of sp³-hybridized carbons (Fsp3) is 0.333. The molecule has 0 atom stereocenters. The lowest BCUT2D eigenvalue weighted by Gasteiger charge is -2.32. The van der Waals surface area contributed by atoms with Crippen molar-refractivity contribution in [1.29, 1.82) is 5.41 Å². The number of ether oxygens (including phenoxy) is 1. The fourth-order valence-corrected chi connectivity index (χ4v) is 5.49. The molecular weight excluding hydrogens is 528 g/mol. The smallest absolute Gasteiger partial charge is 0.257 e. The summed E-state index contributed by atoms with van der Waals surface area (Å²) in [7, 11) is 1.82. The molecule has 0 unspecified atom stereocenters. The summed E-state index contributed by atoms with van der Waals surface area (Å²) in [6.07, 6.45) is 6.53. The molecule has 1 aromatic heterocycles. The number of piperidine rings is 1. The number of likely N-dealkylation sites (tertiary alicyclic amines) is 1. The van der Waals surface area contributed by atoms with Crippen LogP contribution in [0.1, 0.15) is 56.2 Å². The summed E-state index contributed by atoms with van der Waals surface area (Å²) in [4.78, 5) is 35.0. The number of rotatable bonds is 8. The zero-order valence-electron chi connectivity index (χ0n) is 24.2. The molecule has 3 heterocycles. The second-order valence-electron chi connectivity index (χ2n) is 10.7. The van der Waals surface area contributed by atoms with Gasteiger partial charge in [0.25, 0.3) is 11.8 Å². The largest absolute Gasteiger partial charge is 0.393 e. The van der Waals surface area contributed by atoms with E-state index in [1.54, 1.807) is 18.3 Å². The molecule has 0 radical (unpaired) electrons. The van der Waals surface area contributed by atoms with Crippen molar-refractivity contribution in [2.45, 2.75) is 25.7 Å². The van der Waals surface area contributed by atoms with Gasteiger partial charge in [0.2, 0.25) is 0 Å². The monoisotopic (exact) mass is 566 g/mol. The number of nitrogens with one attached hydrogen (secondary N) is 3. The van der Waals surface area contributed by atoms with Gasteiger partial charge in [-0.1, -0.05) is 30.3 Å². The minimum Gasteiger partial charge on any atom is -0.393 e. The Morgan fingerprint density at radius 2 is 1.64 bits per heavy atom. The number of morpholine rings is 1. The van der Waals surface area contributed by atoms with Crippen molar-refractivity contribution in [2.24, 2.45) is 0 Å². The van der Waals surface area contributed by atoms with Crippen LogP contribution in [0.15, 0.2) is 67.0 Å². The number of hydrogen-bond acceptors (Lipinski definition) is 7. The van der Waals surface area contributed by atoms with Gasteiger partial charge in [-0.15, -0.1) is 0 Å². The molecule has 2 saturated heterocycles. The number of aromatic nitrogens is 1. The first-order chi connectivity index (χ1) is 20.5. The third-order valence-electron chi connectivity index (χ3n) is 8.03. The highest BCUT2D eigenvalue weighted by Crippen LogP contribution is 2.30. The van der Waals surface area contributed by atoms with Crippen molar-refractivity contribution in [1.82, 2.24) is 15.2 Å². The first kappa shape index (κ1) is 29.0. The highest BCUT2D eigenvalue weighted by molar-refractivity contribution is 6.08. The minimum atomic E-state index is -0.259. The van der Waals surface area contributed by atoms with Crippen LogP contribution >= 0.6 is 0 Å². The lowest BCUT2D eigenvalue weighted by Crippen LogP contribution is -2.38. The summed E-state index contributed by atoms with van der Waals surface area (Å²) in [5, 5.41) is 13.6. The Balaban J connectivity index is 1.19. The van der Waals surface area contributed by atoms with Crippen LogP contribution in [0.2, 0.25) is 0 Å². The third-order valence-corrected chi connectivity index (χ3v) is 8.03. The quantitative estimate of drug-likeness (QED) is 0.341. The number of aryl methyl sites for hydroxylation is 1. The van der Waals surface area contributed by atoms with Crippen LogP contribution in [0.5, 0.6) is 0 Å². The molecule has 2 aromatic carbocycles. The molecule has 3 N–H and O–H groups in total. The number of pyridine rings is 1. The van der Waals surface area contributed by atoms with Crippen LogP contribution in [0, 0.1) is 12.3 Å². The lowest BCUT2D eigenvalue weighted by atomic mass is 9.88. The Bertz CT molecular complexity index is 1440. The van der Waals surface area contributed by atoms with Gasteiger partial charge < -0.3 is 30.6 Å². The van der Waals surface area contributed by atoms with Crippen molar-refractivity contribution in [3.8, 4) is 0 Å². The summed E-state index contributed by atoms with van der Waals surface area (Å²) in [5.41, 5.74) is 5.62. The third kappa shape index (κ3) is 6.69. The second kappa shape index (κ2) is 13.4.